The molecule has 0 spiro atoms. The molecule has 134 valence electrons. The van der Waals surface area contributed by atoms with Crippen LogP contribution >= 0.6 is 0 Å². The van der Waals surface area contributed by atoms with Crippen LogP contribution in [0.3, 0.4) is 0 Å². The largest absolute Gasteiger partial charge is 0.477 e. The van der Waals surface area contributed by atoms with Crippen molar-refractivity contribution in [3.8, 4) is 5.88 Å². The maximum atomic E-state index is 12.5. The molecule has 0 saturated heterocycles. The summed E-state index contributed by atoms with van der Waals surface area (Å²) in [6.45, 7) is 6.22. The summed E-state index contributed by atoms with van der Waals surface area (Å²) in [5.74, 6) is -0.468. The number of nitrogens with zero attached hydrogens (tertiary/aromatic N) is 3. The minimum absolute atomic E-state index is 0.109. The molecule has 0 atom stereocenters. The highest BCUT2D eigenvalue weighted by molar-refractivity contribution is 5.95. The number of Topliss-reactive ketones (excluding diaryl/α,β-unsaturated/α-hetero) is 1. The molecule has 2 aromatic rings. The minimum atomic E-state index is -0.537. The van der Waals surface area contributed by atoms with Gasteiger partial charge in [0.05, 0.1) is 13.2 Å². The average molecular weight is 345 g/mol. The van der Waals surface area contributed by atoms with Crippen molar-refractivity contribution in [2.75, 3.05) is 13.2 Å². The molecule has 0 N–H and O–H groups in total. The van der Waals surface area contributed by atoms with E-state index < -0.39 is 5.97 Å². The Kier molecular flexibility index (Phi) is 6.68. The summed E-state index contributed by atoms with van der Waals surface area (Å²) in [6, 6.07) is 6.73. The molecule has 25 heavy (non-hydrogen) atoms. The fourth-order valence-electron chi connectivity index (χ4n) is 2.19. The molecule has 0 radical (unpaired) electrons. The molecule has 0 aliphatic carbocycles. The predicted molar refractivity (Wildman–Crippen MR) is 91.9 cm³/mol. The van der Waals surface area contributed by atoms with Crippen molar-refractivity contribution in [1.29, 1.82) is 0 Å². The fraction of sp³-hybridized carbons (Fsp3) is 0.444. The first-order valence-electron chi connectivity index (χ1n) is 8.39. The van der Waals surface area contributed by atoms with Gasteiger partial charge in [0.2, 0.25) is 11.7 Å². The van der Waals surface area contributed by atoms with Crippen LogP contribution in [-0.4, -0.2) is 39.7 Å². The second-order valence-corrected chi connectivity index (χ2v) is 5.54. The number of pyridine rings is 1. The monoisotopic (exact) mass is 345 g/mol. The van der Waals surface area contributed by atoms with Crippen LogP contribution in [0.4, 0.5) is 0 Å². The first-order valence-corrected chi connectivity index (χ1v) is 8.39. The number of hydrogen-bond acceptors (Lipinski definition) is 6. The van der Waals surface area contributed by atoms with Crippen LogP contribution in [0, 0.1) is 6.92 Å². The van der Waals surface area contributed by atoms with Gasteiger partial charge in [0, 0.05) is 11.8 Å². The summed E-state index contributed by atoms with van der Waals surface area (Å²) < 4.78 is 11.9. The van der Waals surface area contributed by atoms with E-state index in [0.717, 1.165) is 18.5 Å². The molecule has 7 nitrogen and oxygen atoms in total. The van der Waals surface area contributed by atoms with E-state index in [1.165, 1.54) is 10.7 Å². The quantitative estimate of drug-likeness (QED) is 0.395. The van der Waals surface area contributed by atoms with Crippen LogP contribution in [0.1, 0.15) is 53.4 Å². The minimum Gasteiger partial charge on any atom is -0.477 e. The van der Waals surface area contributed by atoms with E-state index in [2.05, 4.69) is 17.0 Å². The predicted octanol–water partition coefficient (Wildman–Crippen LogP) is 2.83. The van der Waals surface area contributed by atoms with E-state index in [-0.39, 0.29) is 24.6 Å². The second kappa shape index (κ2) is 8.96. The van der Waals surface area contributed by atoms with Crippen molar-refractivity contribution in [1.82, 2.24) is 14.8 Å². The number of hydrogen-bond donors (Lipinski definition) is 0. The number of carbonyl (C=O) groups excluding carboxylic acids is 2. The number of ketones is 1. The summed E-state index contributed by atoms with van der Waals surface area (Å²) in [5.41, 5.74) is 1.27. The lowest BCUT2D eigenvalue weighted by molar-refractivity contribution is 0.0512. The third-order valence-corrected chi connectivity index (χ3v) is 3.46. The van der Waals surface area contributed by atoms with Crippen molar-refractivity contribution >= 4 is 11.8 Å². The Hall–Kier alpha value is -2.70. The van der Waals surface area contributed by atoms with Crippen LogP contribution in [0.25, 0.3) is 0 Å². The molecule has 0 amide bonds. The molecular formula is C18H23N3O4. The zero-order chi connectivity index (χ0) is 18.2. The summed E-state index contributed by atoms with van der Waals surface area (Å²) in [6.07, 6.45) is 1.87. The number of esters is 1. The van der Waals surface area contributed by atoms with E-state index >= 15 is 0 Å². The lowest BCUT2D eigenvalue weighted by Crippen LogP contribution is -2.19. The maximum Gasteiger partial charge on any atom is 0.356 e. The Balaban J connectivity index is 2.21. The van der Waals surface area contributed by atoms with Crippen LogP contribution in [0.15, 0.2) is 24.3 Å². The Morgan fingerprint density at radius 1 is 1.24 bits per heavy atom. The highest BCUT2D eigenvalue weighted by Crippen LogP contribution is 2.15. The standard InChI is InChI=1S/C18H23N3O4/c1-4-6-10-25-17-11-15(18(23)24-5-2)21(20-17)12-16(22)14-9-7-8-13(3)19-14/h7-9,11H,4-6,10,12H2,1-3H3. The molecule has 0 bridgehead atoms. The summed E-state index contributed by atoms with van der Waals surface area (Å²) in [5, 5.41) is 4.22. The summed E-state index contributed by atoms with van der Waals surface area (Å²) in [7, 11) is 0. The van der Waals surface area contributed by atoms with E-state index in [1.54, 1.807) is 19.1 Å². The first-order chi connectivity index (χ1) is 12.0. The van der Waals surface area contributed by atoms with Gasteiger partial charge in [-0.1, -0.05) is 19.4 Å². The van der Waals surface area contributed by atoms with Crippen LogP contribution in [0.2, 0.25) is 0 Å². The van der Waals surface area contributed by atoms with Crippen LogP contribution < -0.4 is 4.74 Å². The van der Waals surface area contributed by atoms with Crippen molar-refractivity contribution < 1.29 is 19.1 Å². The smallest absolute Gasteiger partial charge is 0.356 e. The Morgan fingerprint density at radius 2 is 2.04 bits per heavy atom. The Morgan fingerprint density at radius 3 is 2.72 bits per heavy atom. The number of aromatic nitrogens is 3. The Bertz CT molecular complexity index is 740. The molecule has 0 aliphatic rings. The fourth-order valence-corrected chi connectivity index (χ4v) is 2.19. The van der Waals surface area contributed by atoms with Gasteiger partial charge in [-0.25, -0.2) is 14.5 Å². The highest BCUT2D eigenvalue weighted by Gasteiger charge is 2.20. The molecule has 2 rings (SSSR count). The maximum absolute atomic E-state index is 12.5. The topological polar surface area (TPSA) is 83.3 Å². The third kappa shape index (κ3) is 5.14. The molecule has 0 unspecified atom stereocenters. The summed E-state index contributed by atoms with van der Waals surface area (Å²) >= 11 is 0. The van der Waals surface area contributed by atoms with Crippen LogP contribution in [0.5, 0.6) is 5.88 Å². The third-order valence-electron chi connectivity index (χ3n) is 3.46. The number of ether oxygens (including phenoxy) is 2. The number of carbonyl (C=O) groups is 2. The van der Waals surface area contributed by atoms with Crippen molar-refractivity contribution in [2.24, 2.45) is 0 Å². The van der Waals surface area contributed by atoms with Crippen molar-refractivity contribution in [3.63, 3.8) is 0 Å². The zero-order valence-corrected chi connectivity index (χ0v) is 14.8. The van der Waals surface area contributed by atoms with E-state index in [0.29, 0.717) is 18.2 Å². The van der Waals surface area contributed by atoms with Gasteiger partial charge in [-0.05, 0) is 32.4 Å². The van der Waals surface area contributed by atoms with Gasteiger partial charge in [0.25, 0.3) is 0 Å². The van der Waals surface area contributed by atoms with Gasteiger partial charge in [-0.2, -0.15) is 0 Å². The molecule has 0 saturated carbocycles. The normalized spacial score (nSPS) is 10.5. The van der Waals surface area contributed by atoms with E-state index in [1.807, 2.05) is 13.0 Å². The number of rotatable bonds is 9. The van der Waals surface area contributed by atoms with Gasteiger partial charge in [0.1, 0.15) is 12.2 Å². The average Bonchev–Trinajstić information content (AvgIpc) is 2.98. The first kappa shape index (κ1) is 18.6. The second-order valence-electron chi connectivity index (χ2n) is 5.54. The van der Waals surface area contributed by atoms with Gasteiger partial charge < -0.3 is 9.47 Å². The van der Waals surface area contributed by atoms with Crippen LogP contribution in [-0.2, 0) is 11.3 Å². The van der Waals surface area contributed by atoms with Gasteiger partial charge >= 0.3 is 5.97 Å². The molecule has 0 aliphatic heterocycles. The lowest BCUT2D eigenvalue weighted by Gasteiger charge is -2.06. The molecule has 2 aromatic heterocycles. The highest BCUT2D eigenvalue weighted by atomic mass is 16.5. The molecular weight excluding hydrogens is 322 g/mol. The van der Waals surface area contributed by atoms with Gasteiger partial charge in [-0.15, -0.1) is 5.10 Å². The lowest BCUT2D eigenvalue weighted by atomic mass is 10.2. The number of aryl methyl sites for hydroxylation is 1. The molecule has 2 heterocycles. The van der Waals surface area contributed by atoms with Crippen molar-refractivity contribution in [2.45, 2.75) is 40.2 Å². The SMILES string of the molecule is CCCCOc1cc(C(=O)OCC)n(CC(=O)c2cccc(C)n2)n1. The van der Waals surface area contributed by atoms with Gasteiger partial charge in [0.15, 0.2) is 5.69 Å². The zero-order valence-electron chi connectivity index (χ0n) is 14.8. The molecule has 7 heteroatoms. The number of unbranched alkanes of at least 4 members (excludes halogenated alkanes) is 1. The Labute approximate surface area is 147 Å². The van der Waals surface area contributed by atoms with E-state index in [4.69, 9.17) is 9.47 Å². The van der Waals surface area contributed by atoms with Crippen molar-refractivity contribution in [3.05, 3.63) is 41.3 Å². The van der Waals surface area contributed by atoms with Gasteiger partial charge in [-0.3, -0.25) is 4.79 Å². The molecule has 0 fully saturated rings. The summed E-state index contributed by atoms with van der Waals surface area (Å²) in [4.78, 5) is 28.8. The van der Waals surface area contributed by atoms with E-state index in [9.17, 15) is 9.59 Å². The molecule has 0 aromatic carbocycles.